The van der Waals surface area contributed by atoms with Crippen LogP contribution in [0.25, 0.3) is 0 Å². The van der Waals surface area contributed by atoms with E-state index in [9.17, 15) is 13.2 Å². The molecule has 0 bridgehead atoms. The maximum absolute atomic E-state index is 12.9. The Morgan fingerprint density at radius 2 is 2.05 bits per heavy atom. The smallest absolute Gasteiger partial charge is 0.389 e. The van der Waals surface area contributed by atoms with Crippen LogP contribution in [0.15, 0.2) is 18.2 Å². The lowest BCUT2D eigenvalue weighted by molar-refractivity contribution is -0.137. The van der Waals surface area contributed by atoms with E-state index in [1.54, 1.807) is 0 Å². The molecule has 0 spiro atoms. The van der Waals surface area contributed by atoms with E-state index in [1.165, 1.54) is 12.1 Å². The van der Waals surface area contributed by atoms with Gasteiger partial charge in [0, 0.05) is 17.3 Å². The third-order valence-corrected chi connectivity index (χ3v) is 4.02. The molecular weight excluding hydrogens is 285 g/mol. The van der Waals surface area contributed by atoms with Crippen molar-refractivity contribution in [1.29, 1.82) is 0 Å². The molecule has 2 rings (SSSR count). The quantitative estimate of drug-likeness (QED) is 0.831. The van der Waals surface area contributed by atoms with Crippen LogP contribution in [0.2, 0.25) is 0 Å². The Bertz CT molecular complexity index is 514. The average molecular weight is 302 g/mol. The van der Waals surface area contributed by atoms with E-state index in [1.807, 2.05) is 0 Å². The molecule has 6 heteroatoms. The number of benzene rings is 1. The minimum absolute atomic E-state index is 0.122. The summed E-state index contributed by atoms with van der Waals surface area (Å²) < 4.78 is 38.6. The van der Waals surface area contributed by atoms with E-state index in [0.717, 1.165) is 25.3 Å². The first-order chi connectivity index (χ1) is 9.29. The van der Waals surface area contributed by atoms with Gasteiger partial charge in [-0.1, -0.05) is 25.6 Å². The monoisotopic (exact) mass is 302 g/mol. The lowest BCUT2D eigenvalue weighted by Gasteiger charge is -2.20. The van der Waals surface area contributed by atoms with E-state index in [2.05, 4.69) is 12.2 Å². The number of thiocarbonyl (C=S) groups is 1. The maximum Gasteiger partial charge on any atom is 0.417 e. The number of nitrogens with one attached hydrogen (secondary N) is 1. The Hall–Kier alpha value is -1.30. The molecule has 1 aliphatic carbocycles. The number of anilines is 1. The molecule has 1 aromatic carbocycles. The fourth-order valence-corrected chi connectivity index (χ4v) is 2.83. The molecule has 1 fully saturated rings. The van der Waals surface area contributed by atoms with Gasteiger partial charge in [-0.3, -0.25) is 0 Å². The Morgan fingerprint density at radius 1 is 1.35 bits per heavy atom. The fourth-order valence-electron chi connectivity index (χ4n) is 2.66. The molecule has 2 nitrogen and oxygen atoms in total. The second-order valence-corrected chi connectivity index (χ2v) is 5.72. The molecule has 1 saturated carbocycles. The number of halogens is 3. The standard InChI is InChI=1S/C14H17F3N2S/c1-8-3-2-4-12(8)19-9-5-6-11(14(15,16)17)10(7-9)13(18)20/h5-8,12,19H,2-4H2,1H3,(H2,18,20). The molecule has 1 aliphatic rings. The molecule has 0 radical (unpaired) electrons. The van der Waals surface area contributed by atoms with Crippen molar-refractivity contribution in [1.82, 2.24) is 0 Å². The summed E-state index contributed by atoms with van der Waals surface area (Å²) in [5, 5.41) is 3.28. The molecule has 1 aromatic rings. The van der Waals surface area contributed by atoms with Crippen molar-refractivity contribution >= 4 is 22.9 Å². The summed E-state index contributed by atoms with van der Waals surface area (Å²) in [6.07, 6.45) is -1.13. The van der Waals surface area contributed by atoms with Crippen LogP contribution in [-0.4, -0.2) is 11.0 Å². The van der Waals surface area contributed by atoms with Crippen molar-refractivity contribution in [2.45, 2.75) is 38.4 Å². The summed E-state index contributed by atoms with van der Waals surface area (Å²) in [5.74, 6) is 0.519. The molecule has 0 heterocycles. The number of hydrogen-bond donors (Lipinski definition) is 2. The van der Waals surface area contributed by atoms with Gasteiger partial charge in [0.2, 0.25) is 0 Å². The third kappa shape index (κ3) is 3.23. The average Bonchev–Trinajstić information content (AvgIpc) is 2.73. The van der Waals surface area contributed by atoms with E-state index in [-0.39, 0.29) is 10.6 Å². The first kappa shape index (κ1) is 15.1. The first-order valence-corrected chi connectivity index (χ1v) is 6.97. The zero-order valence-corrected chi connectivity index (χ0v) is 11.9. The lowest BCUT2D eigenvalue weighted by Crippen LogP contribution is -2.23. The SMILES string of the molecule is CC1CCCC1Nc1ccc(C(F)(F)F)c(C(N)=S)c1. The summed E-state index contributed by atoms with van der Waals surface area (Å²) in [6, 6.07) is 4.17. The topological polar surface area (TPSA) is 38.0 Å². The van der Waals surface area contributed by atoms with Crippen LogP contribution in [0.4, 0.5) is 18.9 Å². The van der Waals surface area contributed by atoms with Gasteiger partial charge in [0.25, 0.3) is 0 Å². The van der Waals surface area contributed by atoms with Crippen LogP contribution in [0.1, 0.15) is 37.3 Å². The molecule has 0 aliphatic heterocycles. The Balaban J connectivity index is 2.28. The van der Waals surface area contributed by atoms with E-state index in [0.29, 0.717) is 17.6 Å². The summed E-state index contributed by atoms with van der Waals surface area (Å²) in [7, 11) is 0. The lowest BCUT2D eigenvalue weighted by atomic mass is 10.0. The zero-order valence-electron chi connectivity index (χ0n) is 11.1. The van der Waals surface area contributed by atoms with Crippen LogP contribution >= 0.6 is 12.2 Å². The van der Waals surface area contributed by atoms with Crippen molar-refractivity contribution < 1.29 is 13.2 Å². The largest absolute Gasteiger partial charge is 0.417 e. The predicted octanol–water partition coefficient (Wildman–Crippen LogP) is 3.94. The highest BCUT2D eigenvalue weighted by Gasteiger charge is 2.34. The van der Waals surface area contributed by atoms with Crippen LogP contribution < -0.4 is 11.1 Å². The molecule has 0 amide bonds. The fraction of sp³-hybridized carbons (Fsp3) is 0.500. The Morgan fingerprint density at radius 3 is 2.55 bits per heavy atom. The van der Waals surface area contributed by atoms with Crippen LogP contribution in [-0.2, 0) is 6.18 Å². The molecule has 2 atom stereocenters. The predicted molar refractivity (Wildman–Crippen MR) is 77.8 cm³/mol. The highest BCUT2D eigenvalue weighted by Crippen LogP contribution is 2.34. The van der Waals surface area contributed by atoms with Crippen molar-refractivity contribution in [2.24, 2.45) is 11.7 Å². The number of rotatable bonds is 3. The van der Waals surface area contributed by atoms with Gasteiger partial charge in [-0.25, -0.2) is 0 Å². The Labute approximate surface area is 121 Å². The number of hydrogen-bond acceptors (Lipinski definition) is 2. The maximum atomic E-state index is 12.9. The van der Waals surface area contributed by atoms with E-state index < -0.39 is 11.7 Å². The molecule has 20 heavy (non-hydrogen) atoms. The molecule has 110 valence electrons. The Kier molecular flexibility index (Phi) is 4.22. The minimum Gasteiger partial charge on any atom is -0.389 e. The molecule has 3 N–H and O–H groups in total. The summed E-state index contributed by atoms with van der Waals surface area (Å²) in [4.78, 5) is -0.236. The van der Waals surface area contributed by atoms with Crippen molar-refractivity contribution in [2.75, 3.05) is 5.32 Å². The van der Waals surface area contributed by atoms with Crippen molar-refractivity contribution in [3.8, 4) is 0 Å². The molecule has 2 unspecified atom stereocenters. The van der Waals surface area contributed by atoms with Gasteiger partial charge < -0.3 is 11.1 Å². The van der Waals surface area contributed by atoms with Crippen molar-refractivity contribution in [3.05, 3.63) is 29.3 Å². The van der Waals surface area contributed by atoms with Gasteiger partial charge in [0.1, 0.15) is 4.99 Å². The van der Waals surface area contributed by atoms with Gasteiger partial charge in [-0.15, -0.1) is 0 Å². The van der Waals surface area contributed by atoms with Gasteiger partial charge in [-0.2, -0.15) is 13.2 Å². The van der Waals surface area contributed by atoms with Gasteiger partial charge >= 0.3 is 6.18 Å². The summed E-state index contributed by atoms with van der Waals surface area (Å²) in [6.45, 7) is 2.14. The molecule has 0 saturated heterocycles. The highest BCUT2D eigenvalue weighted by atomic mass is 32.1. The van der Waals surface area contributed by atoms with Crippen LogP contribution in [0, 0.1) is 5.92 Å². The van der Waals surface area contributed by atoms with Crippen LogP contribution in [0.5, 0.6) is 0 Å². The third-order valence-electron chi connectivity index (χ3n) is 3.80. The first-order valence-electron chi connectivity index (χ1n) is 6.56. The zero-order chi connectivity index (χ0) is 14.9. The molecular formula is C14H17F3N2S. The second kappa shape index (κ2) is 5.60. The van der Waals surface area contributed by atoms with E-state index >= 15 is 0 Å². The minimum atomic E-state index is -4.45. The number of nitrogens with two attached hydrogens (primary N) is 1. The molecule has 0 aromatic heterocycles. The second-order valence-electron chi connectivity index (χ2n) is 5.28. The summed E-state index contributed by atoms with van der Waals surface area (Å²) in [5.41, 5.74) is 5.15. The van der Waals surface area contributed by atoms with Gasteiger partial charge in [0.15, 0.2) is 0 Å². The van der Waals surface area contributed by atoms with Crippen molar-refractivity contribution in [3.63, 3.8) is 0 Å². The highest BCUT2D eigenvalue weighted by molar-refractivity contribution is 7.80. The van der Waals surface area contributed by atoms with Crippen LogP contribution in [0.3, 0.4) is 0 Å². The van der Waals surface area contributed by atoms with Gasteiger partial charge in [0.05, 0.1) is 5.56 Å². The normalized spacial score (nSPS) is 22.8. The summed E-state index contributed by atoms with van der Waals surface area (Å²) >= 11 is 4.73. The van der Waals surface area contributed by atoms with E-state index in [4.69, 9.17) is 18.0 Å². The van der Waals surface area contributed by atoms with Gasteiger partial charge in [-0.05, 0) is 37.0 Å². The number of alkyl halides is 3.